The highest BCUT2D eigenvalue weighted by atomic mass is 15.2. The van der Waals surface area contributed by atoms with Gasteiger partial charge in [0.15, 0.2) is 0 Å². The summed E-state index contributed by atoms with van der Waals surface area (Å²) in [5, 5.41) is 7.76. The second-order valence-electron chi connectivity index (χ2n) is 23.2. The maximum Gasteiger partial charge on any atom is 0.0632 e. The molecular formula is C78H58N2. The number of hydrogen-bond acceptors (Lipinski definition) is 2. The van der Waals surface area contributed by atoms with E-state index in [4.69, 9.17) is 0 Å². The average Bonchev–Trinajstić information content (AvgIpc) is 4.23. The van der Waals surface area contributed by atoms with Crippen LogP contribution in [0.5, 0.6) is 0 Å². The van der Waals surface area contributed by atoms with Crippen LogP contribution < -0.4 is 9.80 Å². The van der Waals surface area contributed by atoms with E-state index in [9.17, 15) is 0 Å². The highest BCUT2D eigenvalue weighted by Gasteiger charge is 2.41. The van der Waals surface area contributed by atoms with Crippen LogP contribution in [0, 0.1) is 11.8 Å². The molecule has 0 spiro atoms. The summed E-state index contributed by atoms with van der Waals surface area (Å²) in [4.78, 5) is 5.20. The molecule has 9 aromatic rings. The van der Waals surface area contributed by atoms with Crippen molar-refractivity contribution in [2.75, 3.05) is 9.80 Å². The monoisotopic (exact) mass is 1020 g/mol. The predicted molar refractivity (Wildman–Crippen MR) is 337 cm³/mol. The summed E-state index contributed by atoms with van der Waals surface area (Å²) in [7, 11) is 0. The molecule has 17 rings (SSSR count). The quantitative estimate of drug-likeness (QED) is 0.153. The van der Waals surface area contributed by atoms with E-state index in [0.29, 0.717) is 29.7 Å². The van der Waals surface area contributed by atoms with Crippen molar-refractivity contribution in [1.29, 1.82) is 0 Å². The van der Waals surface area contributed by atoms with E-state index in [-0.39, 0.29) is 6.04 Å². The van der Waals surface area contributed by atoms with Crippen molar-refractivity contribution in [3.63, 3.8) is 0 Å². The van der Waals surface area contributed by atoms with Crippen molar-refractivity contribution < 1.29 is 0 Å². The summed E-state index contributed by atoms with van der Waals surface area (Å²) in [5.74, 6) is 1.43. The van der Waals surface area contributed by atoms with Gasteiger partial charge in [-0.3, -0.25) is 0 Å². The fourth-order valence-electron chi connectivity index (χ4n) is 15.3. The van der Waals surface area contributed by atoms with Crippen molar-refractivity contribution in [2.24, 2.45) is 11.8 Å². The van der Waals surface area contributed by atoms with Crippen LogP contribution in [0.3, 0.4) is 0 Å². The zero-order valence-corrected chi connectivity index (χ0v) is 44.6. The Morgan fingerprint density at radius 1 is 0.325 bits per heavy atom. The van der Waals surface area contributed by atoms with Crippen LogP contribution in [0.25, 0.3) is 82.4 Å². The van der Waals surface area contributed by atoms with E-state index in [1.807, 2.05) is 0 Å². The van der Waals surface area contributed by atoms with Gasteiger partial charge in [0.25, 0.3) is 0 Å². The normalized spacial score (nSPS) is 22.6. The molecule has 6 unspecified atom stereocenters. The Balaban J connectivity index is 0.760. The SMILES string of the molecule is C1=CC2C3=C(C=CCC3)N(c3ccc(-c4ccc(N5C6=C(CCC=C6)C6C=CC(c7cc(-c8ccc9c(c8)-c8ccccc8C8C=CC=CC98)cc(-c8ccc9c%10ccccc%10c%10ccccc%10c9c8)c7)=CC65)cc4)cc3)C2C=C1. The Kier molecular flexibility index (Phi) is 10.4. The molecule has 2 nitrogen and oxygen atoms in total. The Hall–Kier alpha value is -9.24. The van der Waals surface area contributed by atoms with Gasteiger partial charge in [0.05, 0.1) is 12.1 Å². The molecule has 0 amide bonds. The van der Waals surface area contributed by atoms with Gasteiger partial charge in [0, 0.05) is 46.4 Å². The molecule has 0 saturated heterocycles. The lowest BCUT2D eigenvalue weighted by Gasteiger charge is -2.34. The number of rotatable bonds is 6. The molecule has 0 radical (unpaired) electrons. The summed E-state index contributed by atoms with van der Waals surface area (Å²) in [5.41, 5.74) is 23.8. The smallest absolute Gasteiger partial charge is 0.0632 e. The van der Waals surface area contributed by atoms with E-state index in [1.165, 1.54) is 122 Å². The van der Waals surface area contributed by atoms with Gasteiger partial charge in [0.1, 0.15) is 0 Å². The molecule has 0 N–H and O–H groups in total. The van der Waals surface area contributed by atoms with Crippen LogP contribution in [0.2, 0.25) is 0 Å². The van der Waals surface area contributed by atoms with Gasteiger partial charge in [0.2, 0.25) is 0 Å². The van der Waals surface area contributed by atoms with Gasteiger partial charge in [-0.25, -0.2) is 0 Å². The van der Waals surface area contributed by atoms with E-state index in [0.717, 1.165) is 25.7 Å². The van der Waals surface area contributed by atoms with Crippen molar-refractivity contribution in [3.8, 4) is 44.5 Å². The van der Waals surface area contributed by atoms with Gasteiger partial charge >= 0.3 is 0 Å². The van der Waals surface area contributed by atoms with Gasteiger partial charge in [-0.1, -0.05) is 200 Å². The first-order chi connectivity index (χ1) is 39.7. The number of allylic oxidation sites excluding steroid dienone is 12. The average molecular weight is 1020 g/mol. The molecule has 380 valence electrons. The third kappa shape index (κ3) is 7.11. The first-order valence-electron chi connectivity index (χ1n) is 29.1. The van der Waals surface area contributed by atoms with Crippen molar-refractivity contribution in [2.45, 2.75) is 49.6 Å². The fraction of sp³-hybridized carbons (Fsp3) is 0.128. The van der Waals surface area contributed by atoms with Gasteiger partial charge < -0.3 is 9.80 Å². The van der Waals surface area contributed by atoms with Crippen molar-refractivity contribution in [1.82, 2.24) is 0 Å². The molecule has 2 heteroatoms. The molecule has 2 aliphatic heterocycles. The standard InChI is InChI=1S/C78H58N2/c1-3-19-63-59(15-1)61-17-5-7-21-65(61)73-46-51(33-40-67(63)73)54-43-55(52-34-41-68-64-20-4-2-16-60(64)62-18-6-8-22-66(62)74(68)47-52)45-56(44-54)53-35-42-72-71-25-11-14-28-77(71)80(78(72)48-53)58-38-31-50(32-39-58)49-29-36-57(37-30-49)79-75-26-12-9-23-69(75)70-24-10-13-27-76(70)79/h1-9,12-23,26-48,59,63,69,72,75,78H,10-11,24-25H2. The molecule has 6 aliphatic carbocycles. The minimum Gasteiger partial charge on any atom is -0.334 e. The highest BCUT2D eigenvalue weighted by Crippen LogP contribution is 2.52. The van der Waals surface area contributed by atoms with Crippen LogP contribution in [-0.4, -0.2) is 12.1 Å². The molecule has 80 heavy (non-hydrogen) atoms. The second kappa shape index (κ2) is 18.2. The highest BCUT2D eigenvalue weighted by molar-refractivity contribution is 6.25. The summed E-state index contributed by atoms with van der Waals surface area (Å²) < 4.78 is 0. The lowest BCUT2D eigenvalue weighted by atomic mass is 9.69. The van der Waals surface area contributed by atoms with E-state index in [1.54, 1.807) is 11.1 Å². The van der Waals surface area contributed by atoms with Crippen LogP contribution in [0.1, 0.15) is 54.2 Å². The van der Waals surface area contributed by atoms with E-state index in [2.05, 4.69) is 277 Å². The lowest BCUT2D eigenvalue weighted by molar-refractivity contribution is 0.658. The molecule has 0 bridgehead atoms. The topological polar surface area (TPSA) is 6.48 Å². The third-order valence-corrected chi connectivity index (χ3v) is 19.1. The molecule has 9 aromatic carbocycles. The first-order valence-corrected chi connectivity index (χ1v) is 29.1. The first kappa shape index (κ1) is 45.7. The summed E-state index contributed by atoms with van der Waals surface area (Å²) >= 11 is 0. The summed E-state index contributed by atoms with van der Waals surface area (Å²) in [6.45, 7) is 0. The molecule has 6 atom stereocenters. The number of anilines is 2. The van der Waals surface area contributed by atoms with Gasteiger partial charge in [-0.05, 0) is 203 Å². The number of hydrogen-bond donors (Lipinski definition) is 0. The molecule has 8 aliphatic rings. The third-order valence-electron chi connectivity index (χ3n) is 19.1. The van der Waals surface area contributed by atoms with E-state index < -0.39 is 0 Å². The Morgan fingerprint density at radius 2 is 0.812 bits per heavy atom. The van der Waals surface area contributed by atoms with Crippen LogP contribution in [-0.2, 0) is 0 Å². The van der Waals surface area contributed by atoms with Crippen molar-refractivity contribution in [3.05, 3.63) is 306 Å². The number of fused-ring (bicyclic) bond motifs is 16. The van der Waals surface area contributed by atoms with E-state index >= 15 is 0 Å². The molecule has 0 aromatic heterocycles. The number of benzene rings is 9. The Bertz CT molecular complexity index is 4410. The molecule has 0 fully saturated rings. The second-order valence-corrected chi connectivity index (χ2v) is 23.2. The van der Waals surface area contributed by atoms with Gasteiger partial charge in [-0.2, -0.15) is 0 Å². The lowest BCUT2D eigenvalue weighted by Crippen LogP contribution is -2.33. The maximum absolute atomic E-state index is 2.64. The zero-order valence-electron chi connectivity index (χ0n) is 44.6. The van der Waals surface area contributed by atoms with Gasteiger partial charge in [-0.15, -0.1) is 0 Å². The number of nitrogens with zero attached hydrogens (tertiary/aromatic N) is 2. The molecular weight excluding hydrogens is 965 g/mol. The minimum absolute atomic E-state index is 0.145. The summed E-state index contributed by atoms with van der Waals surface area (Å²) in [6, 6.07) is 67.9. The van der Waals surface area contributed by atoms with Crippen molar-refractivity contribution >= 4 is 49.3 Å². The molecule has 2 heterocycles. The fourth-order valence-corrected chi connectivity index (χ4v) is 15.3. The van der Waals surface area contributed by atoms with Crippen LogP contribution in [0.15, 0.2) is 290 Å². The zero-order chi connectivity index (χ0) is 52.4. The molecule has 0 saturated carbocycles. The minimum atomic E-state index is 0.145. The summed E-state index contributed by atoms with van der Waals surface area (Å²) in [6.07, 6.45) is 39.9. The largest absolute Gasteiger partial charge is 0.334 e. The van der Waals surface area contributed by atoms with Crippen LogP contribution in [0.4, 0.5) is 11.4 Å². The predicted octanol–water partition coefficient (Wildman–Crippen LogP) is 19.7. The van der Waals surface area contributed by atoms with Crippen LogP contribution >= 0.6 is 0 Å². The Labute approximate surface area is 468 Å². The Morgan fingerprint density at radius 3 is 1.46 bits per heavy atom. The maximum atomic E-state index is 2.64.